The van der Waals surface area contributed by atoms with Gasteiger partial charge in [-0.25, -0.2) is 0 Å². The van der Waals surface area contributed by atoms with Crippen LogP contribution in [0.1, 0.15) is 11.1 Å². The molecular formula is C15H12Br2Zr+2. The van der Waals surface area contributed by atoms with E-state index in [4.69, 9.17) is 0 Å². The number of benzene rings is 2. The summed E-state index contributed by atoms with van der Waals surface area (Å²) in [6.45, 7) is 0. The zero-order chi connectivity index (χ0) is 13.0. The molecule has 2 rings (SSSR count). The third kappa shape index (κ3) is 4.08. The fourth-order valence-electron chi connectivity index (χ4n) is 1.81. The number of hydrogen-bond acceptors (Lipinski definition) is 0. The number of hydrogen-bond donors (Lipinski definition) is 0. The van der Waals surface area contributed by atoms with E-state index in [1.54, 1.807) is 3.21 Å². The second kappa shape index (κ2) is 7.07. The van der Waals surface area contributed by atoms with Crippen molar-refractivity contribution in [3.05, 3.63) is 68.6 Å². The van der Waals surface area contributed by atoms with E-state index in [2.05, 4.69) is 80.4 Å². The van der Waals surface area contributed by atoms with Crippen LogP contribution < -0.4 is 0 Å². The molecule has 0 aliphatic rings. The average Bonchev–Trinajstić information content (AvgIpc) is 2.35. The van der Waals surface area contributed by atoms with Gasteiger partial charge in [-0.1, -0.05) is 0 Å². The van der Waals surface area contributed by atoms with Crippen molar-refractivity contribution < 1.29 is 24.2 Å². The van der Waals surface area contributed by atoms with Crippen molar-refractivity contribution in [2.24, 2.45) is 0 Å². The molecular weight excluding hydrogens is 431 g/mol. The van der Waals surface area contributed by atoms with E-state index in [0.717, 1.165) is 12.8 Å². The standard InChI is InChI=1S/C15H12Br2.Zr/c16-14-10-3-1-6-12(14)8-5-9-13-7-2-4-11-15(13)17;/h1-4,6-7,10-11H,8-9H2;/q;+2. The van der Waals surface area contributed by atoms with E-state index in [1.807, 2.05) is 0 Å². The van der Waals surface area contributed by atoms with Gasteiger partial charge < -0.3 is 0 Å². The summed E-state index contributed by atoms with van der Waals surface area (Å²) in [7, 11) is 0. The van der Waals surface area contributed by atoms with Crippen LogP contribution >= 0.6 is 31.9 Å². The van der Waals surface area contributed by atoms with Crippen molar-refractivity contribution in [2.75, 3.05) is 0 Å². The first-order valence-corrected chi connectivity index (χ1v) is 8.51. The van der Waals surface area contributed by atoms with Crippen molar-refractivity contribution in [3.63, 3.8) is 0 Å². The fraction of sp³-hybridized carbons (Fsp3) is 0.133. The molecule has 3 heteroatoms. The molecule has 0 nitrogen and oxygen atoms in total. The van der Waals surface area contributed by atoms with Gasteiger partial charge in [0.2, 0.25) is 0 Å². The molecule has 0 saturated heterocycles. The normalized spacial score (nSPS) is 10.4. The molecule has 0 radical (unpaired) electrons. The molecule has 0 bridgehead atoms. The SMILES string of the molecule is Brc1ccccc1C[C](=[Zr+2])Cc1ccccc1Br. The van der Waals surface area contributed by atoms with Crippen LogP contribution in [0.15, 0.2) is 57.5 Å². The van der Waals surface area contributed by atoms with E-state index in [1.165, 1.54) is 44.3 Å². The van der Waals surface area contributed by atoms with Crippen LogP contribution in [-0.4, -0.2) is 3.21 Å². The van der Waals surface area contributed by atoms with E-state index in [0.29, 0.717) is 0 Å². The average molecular weight is 443 g/mol. The summed E-state index contributed by atoms with van der Waals surface area (Å²) >= 11 is 8.74. The maximum absolute atomic E-state index is 3.61. The summed E-state index contributed by atoms with van der Waals surface area (Å²) < 4.78 is 3.97. The second-order valence-corrected chi connectivity index (χ2v) is 7.59. The van der Waals surface area contributed by atoms with Crippen molar-refractivity contribution in [1.82, 2.24) is 0 Å². The Morgan fingerprint density at radius 1 is 0.778 bits per heavy atom. The third-order valence-corrected chi connectivity index (χ3v) is 5.14. The molecule has 0 aliphatic heterocycles. The van der Waals surface area contributed by atoms with E-state index < -0.39 is 0 Å². The minimum atomic E-state index is 1.06. The predicted molar refractivity (Wildman–Crippen MR) is 80.7 cm³/mol. The molecule has 0 saturated carbocycles. The third-order valence-electron chi connectivity index (χ3n) is 2.72. The molecule has 18 heavy (non-hydrogen) atoms. The summed E-state index contributed by atoms with van der Waals surface area (Å²) in [4.78, 5) is 0. The quantitative estimate of drug-likeness (QED) is 0.642. The Morgan fingerprint density at radius 3 is 1.56 bits per heavy atom. The van der Waals surface area contributed by atoms with Crippen LogP contribution in [0, 0.1) is 0 Å². The van der Waals surface area contributed by atoms with E-state index in [-0.39, 0.29) is 0 Å². The van der Waals surface area contributed by atoms with Crippen LogP contribution in [0.5, 0.6) is 0 Å². The van der Waals surface area contributed by atoms with Crippen LogP contribution in [-0.2, 0) is 37.1 Å². The van der Waals surface area contributed by atoms with Gasteiger partial charge in [-0.3, -0.25) is 0 Å². The Hall–Kier alpha value is 0.153. The molecule has 0 unspecified atom stereocenters. The van der Waals surface area contributed by atoms with Gasteiger partial charge in [0.05, 0.1) is 0 Å². The van der Waals surface area contributed by atoms with Crippen molar-refractivity contribution in [3.8, 4) is 0 Å². The summed E-state index contributed by atoms with van der Waals surface area (Å²) in [5.41, 5.74) is 2.74. The molecule has 88 valence electrons. The maximum atomic E-state index is 3.61. The molecule has 0 heterocycles. The van der Waals surface area contributed by atoms with Crippen LogP contribution in [0.2, 0.25) is 0 Å². The van der Waals surface area contributed by atoms with E-state index in [9.17, 15) is 0 Å². The molecule has 0 aromatic heterocycles. The van der Waals surface area contributed by atoms with Gasteiger partial charge in [0.1, 0.15) is 0 Å². The predicted octanol–water partition coefficient (Wildman–Crippen LogP) is 4.72. The Labute approximate surface area is 139 Å². The Balaban J connectivity index is 2.06. The van der Waals surface area contributed by atoms with Crippen LogP contribution in [0.25, 0.3) is 0 Å². The van der Waals surface area contributed by atoms with Crippen molar-refractivity contribution in [2.45, 2.75) is 12.8 Å². The molecule has 0 atom stereocenters. The monoisotopic (exact) mass is 440 g/mol. The summed E-state index contributed by atoms with van der Waals surface area (Å²) in [6, 6.07) is 16.9. The minimum absolute atomic E-state index is 1.06. The fourth-order valence-corrected chi connectivity index (χ4v) is 3.59. The second-order valence-electron chi connectivity index (χ2n) is 4.14. The zero-order valence-corrected chi connectivity index (χ0v) is 15.4. The molecule has 2 aromatic carbocycles. The van der Waals surface area contributed by atoms with Gasteiger partial charge in [-0.2, -0.15) is 0 Å². The number of rotatable bonds is 4. The zero-order valence-electron chi connectivity index (χ0n) is 9.79. The van der Waals surface area contributed by atoms with Crippen molar-refractivity contribution >= 4 is 35.1 Å². The molecule has 0 N–H and O–H groups in total. The summed E-state index contributed by atoms with van der Waals surface area (Å²) in [5, 5.41) is 0. The van der Waals surface area contributed by atoms with Crippen molar-refractivity contribution in [1.29, 1.82) is 0 Å². The Bertz CT molecular complexity index is 514. The van der Waals surface area contributed by atoms with Gasteiger partial charge in [-0.15, -0.1) is 0 Å². The Kier molecular flexibility index (Phi) is 5.72. The van der Waals surface area contributed by atoms with Crippen LogP contribution in [0.3, 0.4) is 0 Å². The number of halogens is 2. The first-order chi connectivity index (χ1) is 8.66. The Morgan fingerprint density at radius 2 is 1.17 bits per heavy atom. The first kappa shape index (κ1) is 14.6. The molecule has 0 spiro atoms. The van der Waals surface area contributed by atoms with Gasteiger partial charge >= 0.3 is 141 Å². The van der Waals surface area contributed by atoms with Gasteiger partial charge in [0.25, 0.3) is 0 Å². The molecule has 0 aliphatic carbocycles. The molecule has 0 fully saturated rings. The topological polar surface area (TPSA) is 0 Å². The van der Waals surface area contributed by atoms with E-state index >= 15 is 0 Å². The molecule has 0 amide bonds. The van der Waals surface area contributed by atoms with Crippen LogP contribution in [0.4, 0.5) is 0 Å². The van der Waals surface area contributed by atoms with Gasteiger partial charge in [0, 0.05) is 0 Å². The van der Waals surface area contributed by atoms with Gasteiger partial charge in [-0.05, 0) is 0 Å². The first-order valence-electron chi connectivity index (χ1n) is 5.70. The van der Waals surface area contributed by atoms with Gasteiger partial charge in [0.15, 0.2) is 0 Å². The summed E-state index contributed by atoms with van der Waals surface area (Å²) in [6.07, 6.45) is 2.11. The summed E-state index contributed by atoms with van der Waals surface area (Å²) in [5.74, 6) is 0. The molecule has 2 aromatic rings.